The monoisotopic (exact) mass is 629 g/mol. The molecule has 2 aliphatic rings. The molecule has 224 valence electrons. The fourth-order valence-electron chi connectivity index (χ4n) is 5.94. The molecule has 42 heavy (non-hydrogen) atoms. The lowest BCUT2D eigenvalue weighted by atomic mass is 9.77. The average Bonchev–Trinajstić information content (AvgIpc) is 3.26. The van der Waals surface area contributed by atoms with E-state index in [2.05, 4.69) is 10.2 Å². The smallest absolute Gasteiger partial charge is 0.251 e. The molecule has 2 fully saturated rings. The van der Waals surface area contributed by atoms with Gasteiger partial charge in [-0.3, -0.25) is 9.59 Å². The molecule has 1 spiro atoms. The summed E-state index contributed by atoms with van der Waals surface area (Å²) in [4.78, 5) is 31.1. The predicted octanol–water partition coefficient (Wildman–Crippen LogP) is 5.54. The summed E-state index contributed by atoms with van der Waals surface area (Å²) in [5.74, 6) is 0.0810. The van der Waals surface area contributed by atoms with Gasteiger partial charge >= 0.3 is 0 Å². The zero-order chi connectivity index (χ0) is 29.0. The van der Waals surface area contributed by atoms with E-state index >= 15 is 0 Å². The van der Waals surface area contributed by atoms with Gasteiger partial charge < -0.3 is 15.1 Å². The molecule has 0 saturated carbocycles. The van der Waals surface area contributed by atoms with Gasteiger partial charge in [0.15, 0.2) is 9.84 Å². The summed E-state index contributed by atoms with van der Waals surface area (Å²) in [7, 11) is -3.24. The normalized spacial score (nSPS) is 17.6. The second-order valence-electron chi connectivity index (χ2n) is 11.2. The van der Waals surface area contributed by atoms with Crippen LogP contribution in [-0.4, -0.2) is 62.5 Å². The van der Waals surface area contributed by atoms with Gasteiger partial charge in [-0.15, -0.1) is 12.4 Å². The van der Waals surface area contributed by atoms with E-state index in [4.69, 9.17) is 11.6 Å². The third-order valence-corrected chi connectivity index (χ3v) is 9.87. The van der Waals surface area contributed by atoms with Crippen LogP contribution >= 0.6 is 24.0 Å². The molecule has 0 radical (unpaired) electrons. The van der Waals surface area contributed by atoms with Crippen LogP contribution in [0.15, 0.2) is 83.8 Å². The van der Waals surface area contributed by atoms with Crippen LogP contribution in [-0.2, 0) is 21.2 Å². The van der Waals surface area contributed by atoms with Crippen LogP contribution < -0.4 is 5.32 Å². The van der Waals surface area contributed by atoms with Crippen molar-refractivity contribution in [3.63, 3.8) is 0 Å². The standard InChI is InChI=1S/C32H36ClN3O4S.ClH/c1-41(39,40)28-13-7-24(8-14-28)23-36-22-18-32(31(36)38)16-20-35(21-17-32)19-15-29(25-5-3-2-4-6-25)34-30(37)26-9-11-27(33)12-10-26;/h2-14,29H,15-23H2,1H3,(H,34,37);1H. The molecule has 0 aliphatic carbocycles. The molecule has 0 aromatic heterocycles. The maximum atomic E-state index is 13.5. The molecule has 1 unspecified atom stereocenters. The summed E-state index contributed by atoms with van der Waals surface area (Å²) in [6.45, 7) is 3.73. The fourth-order valence-corrected chi connectivity index (χ4v) is 6.69. The summed E-state index contributed by atoms with van der Waals surface area (Å²) in [6, 6.07) is 23.6. The highest BCUT2D eigenvalue weighted by Crippen LogP contribution is 2.42. The maximum Gasteiger partial charge on any atom is 0.251 e. The molecule has 2 aliphatic heterocycles. The first kappa shape index (κ1) is 32.0. The van der Waals surface area contributed by atoms with Gasteiger partial charge in [-0.25, -0.2) is 8.42 Å². The molecule has 2 saturated heterocycles. The number of hydrogen-bond acceptors (Lipinski definition) is 5. The summed E-state index contributed by atoms with van der Waals surface area (Å²) < 4.78 is 23.5. The van der Waals surface area contributed by atoms with Crippen molar-refractivity contribution in [2.24, 2.45) is 5.41 Å². The number of rotatable bonds is 9. The van der Waals surface area contributed by atoms with Gasteiger partial charge in [0.25, 0.3) is 5.91 Å². The predicted molar refractivity (Wildman–Crippen MR) is 168 cm³/mol. The molecule has 3 aromatic rings. The average molecular weight is 631 g/mol. The van der Waals surface area contributed by atoms with Gasteiger partial charge in [-0.1, -0.05) is 54.1 Å². The Bertz CT molecular complexity index is 1470. The van der Waals surface area contributed by atoms with E-state index in [1.807, 2.05) is 35.2 Å². The lowest BCUT2D eigenvalue weighted by Crippen LogP contribution is -2.45. The number of piperidine rings is 1. The molecule has 5 rings (SSSR count). The topological polar surface area (TPSA) is 86.8 Å². The number of sulfone groups is 1. The van der Waals surface area contributed by atoms with Crippen LogP contribution in [0.4, 0.5) is 0 Å². The molecule has 1 atom stereocenters. The minimum atomic E-state index is -3.24. The Hall–Kier alpha value is -2.91. The number of likely N-dealkylation sites (tertiary alicyclic amines) is 2. The lowest BCUT2D eigenvalue weighted by Gasteiger charge is -2.38. The van der Waals surface area contributed by atoms with Crippen LogP contribution in [0.5, 0.6) is 0 Å². The first-order chi connectivity index (χ1) is 19.6. The van der Waals surface area contributed by atoms with Crippen LogP contribution in [0, 0.1) is 5.41 Å². The Balaban J connectivity index is 0.00000405. The van der Waals surface area contributed by atoms with E-state index in [9.17, 15) is 18.0 Å². The quantitative estimate of drug-likeness (QED) is 0.336. The molecule has 7 nitrogen and oxygen atoms in total. The summed E-state index contributed by atoms with van der Waals surface area (Å²) in [5, 5.41) is 3.80. The van der Waals surface area contributed by atoms with Crippen molar-refractivity contribution in [3.05, 3.63) is 101 Å². The fraction of sp³-hybridized carbons (Fsp3) is 0.375. The molecular weight excluding hydrogens is 593 g/mol. The van der Waals surface area contributed by atoms with E-state index in [1.165, 1.54) is 6.26 Å². The van der Waals surface area contributed by atoms with Crippen molar-refractivity contribution >= 4 is 45.7 Å². The maximum absolute atomic E-state index is 13.5. The number of halogens is 2. The molecule has 2 heterocycles. The third kappa shape index (κ3) is 7.53. The van der Waals surface area contributed by atoms with Gasteiger partial charge in [-0.2, -0.15) is 0 Å². The third-order valence-electron chi connectivity index (χ3n) is 8.49. The Morgan fingerprint density at radius 1 is 0.929 bits per heavy atom. The van der Waals surface area contributed by atoms with Crippen molar-refractivity contribution < 1.29 is 18.0 Å². The van der Waals surface area contributed by atoms with Crippen molar-refractivity contribution in [1.29, 1.82) is 0 Å². The number of nitrogens with zero attached hydrogens (tertiary/aromatic N) is 2. The van der Waals surface area contributed by atoms with Crippen molar-refractivity contribution in [2.45, 2.75) is 43.2 Å². The van der Waals surface area contributed by atoms with Gasteiger partial charge in [0.1, 0.15) is 0 Å². The van der Waals surface area contributed by atoms with Crippen LogP contribution in [0.1, 0.15) is 53.2 Å². The number of carbonyl (C=O) groups excluding carboxylic acids is 2. The molecular formula is C32H37Cl2N3O4S. The summed E-state index contributed by atoms with van der Waals surface area (Å²) in [5.41, 5.74) is 2.26. The van der Waals surface area contributed by atoms with Gasteiger partial charge in [-0.05, 0) is 86.3 Å². The number of amides is 2. The highest BCUT2D eigenvalue weighted by atomic mass is 35.5. The van der Waals surface area contributed by atoms with E-state index in [1.54, 1.807) is 48.5 Å². The highest BCUT2D eigenvalue weighted by molar-refractivity contribution is 7.90. The van der Waals surface area contributed by atoms with E-state index < -0.39 is 9.84 Å². The highest BCUT2D eigenvalue weighted by Gasteiger charge is 2.47. The Kier molecular flexibility index (Phi) is 10.4. The van der Waals surface area contributed by atoms with Gasteiger partial charge in [0, 0.05) is 36.5 Å². The molecule has 0 bridgehead atoms. The van der Waals surface area contributed by atoms with Gasteiger partial charge in [0.2, 0.25) is 5.91 Å². The number of benzene rings is 3. The van der Waals surface area contributed by atoms with Crippen LogP contribution in [0.25, 0.3) is 0 Å². The second kappa shape index (κ2) is 13.6. The number of nitrogens with one attached hydrogen (secondary N) is 1. The van der Waals surface area contributed by atoms with E-state index in [-0.39, 0.29) is 40.6 Å². The Morgan fingerprint density at radius 2 is 1.55 bits per heavy atom. The largest absolute Gasteiger partial charge is 0.345 e. The van der Waals surface area contributed by atoms with Crippen molar-refractivity contribution in [3.8, 4) is 0 Å². The van der Waals surface area contributed by atoms with Crippen molar-refractivity contribution in [2.75, 3.05) is 32.4 Å². The summed E-state index contributed by atoms with van der Waals surface area (Å²) >= 11 is 5.99. The lowest BCUT2D eigenvalue weighted by molar-refractivity contribution is -0.138. The first-order valence-electron chi connectivity index (χ1n) is 14.1. The Labute approximate surface area is 259 Å². The molecule has 10 heteroatoms. The minimum Gasteiger partial charge on any atom is -0.345 e. The van der Waals surface area contributed by atoms with Gasteiger partial charge in [0.05, 0.1) is 16.4 Å². The molecule has 1 N–H and O–H groups in total. The minimum absolute atomic E-state index is 0. The Morgan fingerprint density at radius 3 is 2.17 bits per heavy atom. The second-order valence-corrected chi connectivity index (χ2v) is 13.7. The first-order valence-corrected chi connectivity index (χ1v) is 16.3. The van der Waals surface area contributed by atoms with E-state index in [0.717, 1.165) is 63.0 Å². The SMILES string of the molecule is CS(=O)(=O)c1ccc(CN2CCC3(CCN(CCC(NC(=O)c4ccc(Cl)cc4)c4ccccc4)CC3)C2=O)cc1.Cl. The van der Waals surface area contributed by atoms with Crippen LogP contribution in [0.2, 0.25) is 5.02 Å². The molecule has 3 aromatic carbocycles. The van der Waals surface area contributed by atoms with E-state index in [0.29, 0.717) is 17.1 Å². The van der Waals surface area contributed by atoms with Crippen LogP contribution in [0.3, 0.4) is 0 Å². The zero-order valence-corrected chi connectivity index (χ0v) is 26.1. The number of carbonyl (C=O) groups is 2. The van der Waals surface area contributed by atoms with Crippen molar-refractivity contribution in [1.82, 2.24) is 15.1 Å². The number of hydrogen-bond donors (Lipinski definition) is 1. The summed E-state index contributed by atoms with van der Waals surface area (Å²) in [6.07, 6.45) is 4.46. The molecule has 2 amide bonds. The zero-order valence-electron chi connectivity index (χ0n) is 23.7.